The molecule has 32 heavy (non-hydrogen) atoms. The number of nitrogens with zero attached hydrogens (tertiary/aromatic N) is 3. The summed E-state index contributed by atoms with van der Waals surface area (Å²) in [7, 11) is 0. The number of imide groups is 1. The van der Waals surface area contributed by atoms with Gasteiger partial charge >= 0.3 is 6.18 Å². The Balaban J connectivity index is 1.61. The Morgan fingerprint density at radius 3 is 2.41 bits per heavy atom. The van der Waals surface area contributed by atoms with E-state index < -0.39 is 22.9 Å². The van der Waals surface area contributed by atoms with Gasteiger partial charge in [-0.25, -0.2) is 0 Å². The van der Waals surface area contributed by atoms with Crippen molar-refractivity contribution in [2.45, 2.75) is 12.7 Å². The molecule has 1 N–H and O–H groups in total. The molecular weight excluding hydrogens is 465 g/mol. The zero-order valence-electron chi connectivity index (χ0n) is 16.7. The smallest absolute Gasteiger partial charge is 0.367 e. The van der Waals surface area contributed by atoms with Gasteiger partial charge < -0.3 is 4.90 Å². The molecule has 0 atom stereocenters. The second kappa shape index (κ2) is 9.13. The largest absolute Gasteiger partial charge is 0.416 e. The number of rotatable bonds is 4. The highest BCUT2D eigenvalue weighted by Gasteiger charge is 2.34. The van der Waals surface area contributed by atoms with Crippen LogP contribution in [-0.2, 0) is 17.5 Å². The van der Waals surface area contributed by atoms with Crippen LogP contribution in [0.3, 0.4) is 0 Å². The molecule has 2 aromatic rings. The van der Waals surface area contributed by atoms with E-state index in [1.165, 1.54) is 6.08 Å². The molecule has 1 aromatic heterocycles. The third kappa shape index (κ3) is 5.08. The maximum Gasteiger partial charge on any atom is 0.416 e. The zero-order chi connectivity index (χ0) is 22.9. The van der Waals surface area contributed by atoms with E-state index >= 15 is 0 Å². The van der Waals surface area contributed by atoms with Crippen molar-refractivity contribution in [2.75, 3.05) is 31.1 Å². The van der Waals surface area contributed by atoms with E-state index in [-0.39, 0.29) is 15.5 Å². The van der Waals surface area contributed by atoms with Gasteiger partial charge in [0.1, 0.15) is 0 Å². The van der Waals surface area contributed by atoms with Crippen molar-refractivity contribution in [3.8, 4) is 0 Å². The topological polar surface area (TPSA) is 65.5 Å². The van der Waals surface area contributed by atoms with Crippen molar-refractivity contribution >= 4 is 46.3 Å². The average molecular weight is 483 g/mol. The van der Waals surface area contributed by atoms with Gasteiger partial charge in [-0.2, -0.15) is 13.2 Å². The summed E-state index contributed by atoms with van der Waals surface area (Å²) in [5.41, 5.74) is 0.785. The standard InChI is InChI=1S/C21H18ClF3N4O2S/c22-16-11-15(21(23,24)25)9-14(10-17-19(30)27-20(31)32-17)18(16)29-7-5-28(6-8-29)12-13-1-3-26-4-2-13/h1-4,9-11H,5-8,12H2,(H,27,30,31). The summed E-state index contributed by atoms with van der Waals surface area (Å²) in [5.74, 6) is -0.637. The number of alkyl halides is 3. The van der Waals surface area contributed by atoms with Crippen molar-refractivity contribution in [2.24, 2.45) is 0 Å². The lowest BCUT2D eigenvalue weighted by Gasteiger charge is -2.37. The number of piperazine rings is 1. The first-order chi connectivity index (χ1) is 15.2. The van der Waals surface area contributed by atoms with Crippen molar-refractivity contribution in [1.82, 2.24) is 15.2 Å². The monoisotopic (exact) mass is 482 g/mol. The van der Waals surface area contributed by atoms with Crippen LogP contribution in [0.4, 0.5) is 23.7 Å². The van der Waals surface area contributed by atoms with Crippen LogP contribution in [0.25, 0.3) is 6.08 Å². The Morgan fingerprint density at radius 1 is 1.12 bits per heavy atom. The molecule has 168 valence electrons. The van der Waals surface area contributed by atoms with Gasteiger partial charge in [-0.05, 0) is 47.7 Å². The van der Waals surface area contributed by atoms with Gasteiger partial charge in [0.2, 0.25) is 0 Å². The summed E-state index contributed by atoms with van der Waals surface area (Å²) in [6.07, 6.45) is 0.161. The third-order valence-corrected chi connectivity index (χ3v) is 6.29. The highest BCUT2D eigenvalue weighted by Crippen LogP contribution is 2.40. The van der Waals surface area contributed by atoms with Crippen LogP contribution in [0.1, 0.15) is 16.7 Å². The lowest BCUT2D eigenvalue weighted by atomic mass is 10.0. The van der Waals surface area contributed by atoms with E-state index in [0.29, 0.717) is 43.6 Å². The van der Waals surface area contributed by atoms with Crippen LogP contribution in [-0.4, -0.2) is 47.2 Å². The SMILES string of the molecule is O=C1NC(=O)C(=Cc2cc(C(F)(F)F)cc(Cl)c2N2CCN(Cc3ccncc3)CC2)S1. The molecule has 0 bridgehead atoms. The second-order valence-electron chi connectivity index (χ2n) is 7.36. The molecular formula is C21H18ClF3N4O2S. The molecule has 2 fully saturated rings. The number of nitrogens with one attached hydrogen (secondary N) is 1. The van der Waals surface area contributed by atoms with Gasteiger partial charge in [0.15, 0.2) is 0 Å². The average Bonchev–Trinajstić information content (AvgIpc) is 3.05. The summed E-state index contributed by atoms with van der Waals surface area (Å²) < 4.78 is 40.2. The number of pyridine rings is 1. The van der Waals surface area contributed by atoms with Crippen molar-refractivity contribution in [1.29, 1.82) is 0 Å². The Morgan fingerprint density at radius 2 is 1.81 bits per heavy atom. The van der Waals surface area contributed by atoms with Crippen LogP contribution in [0.15, 0.2) is 41.6 Å². The van der Waals surface area contributed by atoms with Gasteiger partial charge in [-0.1, -0.05) is 11.6 Å². The highest BCUT2D eigenvalue weighted by atomic mass is 35.5. The minimum absolute atomic E-state index is 0.0305. The normalized spacial score (nSPS) is 19.0. The highest BCUT2D eigenvalue weighted by molar-refractivity contribution is 8.18. The molecule has 0 spiro atoms. The zero-order valence-corrected chi connectivity index (χ0v) is 18.2. The van der Waals surface area contributed by atoms with E-state index in [9.17, 15) is 22.8 Å². The van der Waals surface area contributed by atoms with Crippen LogP contribution in [0.2, 0.25) is 5.02 Å². The molecule has 0 radical (unpaired) electrons. The van der Waals surface area contributed by atoms with E-state index in [2.05, 4.69) is 15.2 Å². The van der Waals surface area contributed by atoms with E-state index in [4.69, 9.17) is 11.6 Å². The van der Waals surface area contributed by atoms with Crippen molar-refractivity contribution in [3.63, 3.8) is 0 Å². The number of benzene rings is 1. The van der Waals surface area contributed by atoms with E-state index in [1.54, 1.807) is 12.4 Å². The molecule has 2 saturated heterocycles. The Bertz CT molecular complexity index is 1070. The van der Waals surface area contributed by atoms with E-state index in [1.807, 2.05) is 17.0 Å². The lowest BCUT2D eigenvalue weighted by Crippen LogP contribution is -2.46. The first kappa shape index (κ1) is 22.6. The third-order valence-electron chi connectivity index (χ3n) is 5.19. The summed E-state index contributed by atoms with van der Waals surface area (Å²) in [6.45, 7) is 3.20. The second-order valence-corrected chi connectivity index (χ2v) is 8.79. The molecule has 2 aliphatic heterocycles. The molecule has 2 aliphatic rings. The Hall–Kier alpha value is -2.56. The molecule has 0 unspecified atom stereocenters. The molecule has 4 rings (SSSR count). The molecule has 6 nitrogen and oxygen atoms in total. The van der Waals surface area contributed by atoms with Crippen LogP contribution in [0.5, 0.6) is 0 Å². The summed E-state index contributed by atoms with van der Waals surface area (Å²) in [4.78, 5) is 31.6. The summed E-state index contributed by atoms with van der Waals surface area (Å²) in [6, 6.07) is 5.74. The Labute approximate surface area is 191 Å². The van der Waals surface area contributed by atoms with Gasteiger partial charge in [0, 0.05) is 50.7 Å². The van der Waals surface area contributed by atoms with Gasteiger partial charge in [-0.15, -0.1) is 0 Å². The summed E-state index contributed by atoms with van der Waals surface area (Å²) in [5, 5.41) is 1.50. The molecule has 1 aromatic carbocycles. The first-order valence-corrected chi connectivity index (χ1v) is 10.9. The van der Waals surface area contributed by atoms with E-state index in [0.717, 1.165) is 24.2 Å². The number of carbonyl (C=O) groups excluding carboxylic acids is 2. The van der Waals surface area contributed by atoms with Gasteiger partial charge in [-0.3, -0.25) is 24.8 Å². The molecule has 0 aliphatic carbocycles. The minimum atomic E-state index is -4.60. The number of anilines is 1. The molecule has 11 heteroatoms. The first-order valence-electron chi connectivity index (χ1n) is 9.72. The van der Waals surface area contributed by atoms with Crippen LogP contribution >= 0.6 is 23.4 Å². The number of carbonyl (C=O) groups is 2. The maximum absolute atomic E-state index is 13.4. The van der Waals surface area contributed by atoms with Crippen LogP contribution in [0, 0.1) is 0 Å². The van der Waals surface area contributed by atoms with Crippen molar-refractivity contribution in [3.05, 3.63) is 63.3 Å². The van der Waals surface area contributed by atoms with Gasteiger partial charge in [0.05, 0.1) is 21.2 Å². The maximum atomic E-state index is 13.4. The Kier molecular flexibility index (Phi) is 6.45. The number of aromatic nitrogens is 1. The van der Waals surface area contributed by atoms with Crippen LogP contribution < -0.4 is 10.2 Å². The predicted octanol–water partition coefficient (Wildman–Crippen LogP) is 4.40. The number of amides is 2. The van der Waals surface area contributed by atoms with Gasteiger partial charge in [0.25, 0.3) is 11.1 Å². The number of hydrogen-bond donors (Lipinski definition) is 1. The minimum Gasteiger partial charge on any atom is -0.367 e. The fraction of sp³-hybridized carbons (Fsp3) is 0.286. The fourth-order valence-corrected chi connectivity index (χ4v) is 4.69. The summed E-state index contributed by atoms with van der Waals surface area (Å²) >= 11 is 6.97. The quantitative estimate of drug-likeness (QED) is 0.652. The number of thioether (sulfide) groups is 1. The number of halogens is 4. The van der Waals surface area contributed by atoms with Crippen molar-refractivity contribution < 1.29 is 22.8 Å². The molecule has 3 heterocycles. The molecule has 0 saturated carbocycles. The number of hydrogen-bond acceptors (Lipinski definition) is 6. The lowest BCUT2D eigenvalue weighted by molar-refractivity contribution is -0.137. The predicted molar refractivity (Wildman–Crippen MR) is 117 cm³/mol. The molecule has 2 amide bonds. The fourth-order valence-electron chi connectivity index (χ4n) is 3.67.